The maximum atomic E-state index is 11.3. The van der Waals surface area contributed by atoms with Crippen molar-refractivity contribution in [1.29, 1.82) is 0 Å². The Morgan fingerprint density at radius 1 is 1.33 bits per heavy atom. The minimum Gasteiger partial charge on any atom is -0.466 e. The highest BCUT2D eigenvalue weighted by Gasteiger charge is 2.09. The van der Waals surface area contributed by atoms with E-state index in [1.165, 1.54) is 18.7 Å². The highest BCUT2D eigenvalue weighted by Crippen LogP contribution is 2.17. The average molecular weight is 284 g/mol. The van der Waals surface area contributed by atoms with Crippen molar-refractivity contribution in [3.63, 3.8) is 0 Å². The van der Waals surface area contributed by atoms with E-state index in [2.05, 4.69) is 35.8 Å². The molecule has 2 rings (SSSR count). The third kappa shape index (κ3) is 4.05. The lowest BCUT2D eigenvalue weighted by Crippen LogP contribution is -2.05. The van der Waals surface area contributed by atoms with E-state index in [1.807, 2.05) is 28.9 Å². The molecule has 0 radical (unpaired) electrons. The topological polar surface area (TPSA) is 44.1 Å². The zero-order valence-electron chi connectivity index (χ0n) is 12.6. The van der Waals surface area contributed by atoms with Gasteiger partial charge in [0.15, 0.2) is 0 Å². The summed E-state index contributed by atoms with van der Waals surface area (Å²) in [4.78, 5) is 11.3. The van der Waals surface area contributed by atoms with Crippen LogP contribution < -0.4 is 0 Å². The van der Waals surface area contributed by atoms with E-state index in [4.69, 9.17) is 0 Å². The van der Waals surface area contributed by atoms with Crippen LogP contribution in [0.5, 0.6) is 0 Å². The van der Waals surface area contributed by atoms with Gasteiger partial charge in [-0.25, -0.2) is 4.79 Å². The van der Waals surface area contributed by atoms with Gasteiger partial charge >= 0.3 is 5.97 Å². The van der Waals surface area contributed by atoms with Crippen LogP contribution in [-0.2, 0) is 16.1 Å². The molecule has 0 unspecified atom stereocenters. The van der Waals surface area contributed by atoms with Crippen molar-refractivity contribution in [3.05, 3.63) is 59.4 Å². The van der Waals surface area contributed by atoms with Gasteiger partial charge in [-0.05, 0) is 23.6 Å². The summed E-state index contributed by atoms with van der Waals surface area (Å²) >= 11 is 0. The number of esters is 1. The molecule has 2 aromatic rings. The summed E-state index contributed by atoms with van der Waals surface area (Å²) in [6.07, 6.45) is 3.16. The molecule has 0 saturated heterocycles. The molecule has 0 amide bonds. The molecule has 0 aliphatic rings. The Balaban J connectivity index is 2.29. The third-order valence-corrected chi connectivity index (χ3v) is 3.19. The van der Waals surface area contributed by atoms with Gasteiger partial charge in [0.1, 0.15) is 0 Å². The summed E-state index contributed by atoms with van der Waals surface area (Å²) in [5, 5.41) is 4.62. The number of hydrogen-bond donors (Lipinski definition) is 0. The van der Waals surface area contributed by atoms with Gasteiger partial charge in [-0.3, -0.25) is 4.68 Å². The average Bonchev–Trinajstić information content (AvgIpc) is 2.89. The number of nitrogens with zero attached hydrogens (tertiary/aromatic N) is 2. The SMILES string of the molecule is COC(=O)/C=C/c1cc(C(C)C)nn1Cc1ccccc1. The Labute approximate surface area is 125 Å². The van der Waals surface area contributed by atoms with Crippen LogP contribution in [0.25, 0.3) is 6.08 Å². The number of ether oxygens (including phenoxy) is 1. The van der Waals surface area contributed by atoms with Crippen molar-refractivity contribution in [3.8, 4) is 0 Å². The molecule has 0 saturated carbocycles. The normalized spacial score (nSPS) is 11.2. The highest BCUT2D eigenvalue weighted by atomic mass is 16.5. The van der Waals surface area contributed by atoms with E-state index in [-0.39, 0.29) is 5.97 Å². The molecule has 0 aliphatic heterocycles. The monoisotopic (exact) mass is 284 g/mol. The first-order valence-electron chi connectivity index (χ1n) is 6.98. The smallest absolute Gasteiger partial charge is 0.330 e. The molecule has 0 N–H and O–H groups in total. The lowest BCUT2D eigenvalue weighted by molar-refractivity contribution is -0.134. The third-order valence-electron chi connectivity index (χ3n) is 3.19. The molecular weight excluding hydrogens is 264 g/mol. The summed E-state index contributed by atoms with van der Waals surface area (Å²) in [5.41, 5.74) is 3.08. The van der Waals surface area contributed by atoms with Gasteiger partial charge in [-0.1, -0.05) is 44.2 Å². The number of carbonyl (C=O) groups excluding carboxylic acids is 1. The Hall–Kier alpha value is -2.36. The van der Waals surface area contributed by atoms with Crippen LogP contribution in [0.2, 0.25) is 0 Å². The fourth-order valence-corrected chi connectivity index (χ4v) is 1.97. The molecule has 1 aromatic heterocycles. The molecule has 0 atom stereocenters. The summed E-state index contributed by atoms with van der Waals surface area (Å²) in [6.45, 7) is 4.88. The first-order valence-corrected chi connectivity index (χ1v) is 6.98. The van der Waals surface area contributed by atoms with Gasteiger partial charge in [0, 0.05) is 6.08 Å². The molecule has 1 aromatic carbocycles. The second kappa shape index (κ2) is 6.88. The molecule has 0 aliphatic carbocycles. The predicted octanol–water partition coefficient (Wildman–Crippen LogP) is 3.24. The fourth-order valence-electron chi connectivity index (χ4n) is 1.97. The number of methoxy groups -OCH3 is 1. The summed E-state index contributed by atoms with van der Waals surface area (Å²) in [6, 6.07) is 12.1. The van der Waals surface area contributed by atoms with Gasteiger partial charge in [0.05, 0.1) is 25.0 Å². The minimum absolute atomic E-state index is 0.340. The summed E-state index contributed by atoms with van der Waals surface area (Å²) in [7, 11) is 1.37. The second-order valence-corrected chi connectivity index (χ2v) is 5.15. The Morgan fingerprint density at radius 2 is 2.05 bits per heavy atom. The number of carbonyl (C=O) groups is 1. The molecule has 110 valence electrons. The highest BCUT2D eigenvalue weighted by molar-refractivity contribution is 5.86. The Morgan fingerprint density at radius 3 is 2.67 bits per heavy atom. The van der Waals surface area contributed by atoms with Crippen LogP contribution in [0, 0.1) is 0 Å². The zero-order valence-corrected chi connectivity index (χ0v) is 12.6. The van der Waals surface area contributed by atoms with Crippen molar-refractivity contribution in [2.24, 2.45) is 0 Å². The van der Waals surface area contributed by atoms with E-state index in [0.29, 0.717) is 12.5 Å². The summed E-state index contributed by atoms with van der Waals surface area (Å²) < 4.78 is 6.54. The largest absolute Gasteiger partial charge is 0.466 e. The quantitative estimate of drug-likeness (QED) is 0.625. The van der Waals surface area contributed by atoms with Crippen molar-refractivity contribution in [1.82, 2.24) is 9.78 Å². The van der Waals surface area contributed by atoms with Gasteiger partial charge in [0.25, 0.3) is 0 Å². The van der Waals surface area contributed by atoms with Gasteiger partial charge in [-0.2, -0.15) is 5.10 Å². The molecule has 0 fully saturated rings. The van der Waals surface area contributed by atoms with Crippen molar-refractivity contribution in [2.45, 2.75) is 26.3 Å². The molecule has 4 nitrogen and oxygen atoms in total. The van der Waals surface area contributed by atoms with Crippen molar-refractivity contribution >= 4 is 12.0 Å². The number of aromatic nitrogens is 2. The van der Waals surface area contributed by atoms with Crippen molar-refractivity contribution < 1.29 is 9.53 Å². The molecule has 1 heterocycles. The van der Waals surface area contributed by atoms with Crippen molar-refractivity contribution in [2.75, 3.05) is 7.11 Å². The fraction of sp³-hybridized carbons (Fsp3) is 0.294. The number of benzene rings is 1. The molecule has 4 heteroatoms. The van der Waals surface area contributed by atoms with Crippen LogP contribution >= 0.6 is 0 Å². The molecule has 0 bridgehead atoms. The lowest BCUT2D eigenvalue weighted by Gasteiger charge is -2.05. The molecule has 21 heavy (non-hydrogen) atoms. The number of hydrogen-bond acceptors (Lipinski definition) is 3. The molecule has 0 spiro atoms. The van der Waals surface area contributed by atoms with Crippen LogP contribution in [0.3, 0.4) is 0 Å². The van der Waals surface area contributed by atoms with Crippen LogP contribution in [0.15, 0.2) is 42.5 Å². The van der Waals surface area contributed by atoms with Crippen LogP contribution in [-0.4, -0.2) is 22.9 Å². The van der Waals surface area contributed by atoms with Gasteiger partial charge in [0.2, 0.25) is 0 Å². The van der Waals surface area contributed by atoms with E-state index in [9.17, 15) is 4.79 Å². The molecular formula is C17H20N2O2. The Bertz CT molecular complexity index is 627. The minimum atomic E-state index is -0.367. The van der Waals surface area contributed by atoms with Crippen LogP contribution in [0.4, 0.5) is 0 Å². The standard InChI is InChI=1S/C17H20N2O2/c1-13(2)16-11-15(9-10-17(20)21-3)19(18-16)12-14-7-5-4-6-8-14/h4-11,13H,12H2,1-3H3/b10-9+. The van der Waals surface area contributed by atoms with E-state index < -0.39 is 0 Å². The van der Waals surface area contributed by atoms with Crippen LogP contribution in [0.1, 0.15) is 36.7 Å². The van der Waals surface area contributed by atoms with E-state index in [0.717, 1.165) is 11.4 Å². The Kier molecular flexibility index (Phi) is 4.93. The van der Waals surface area contributed by atoms with E-state index >= 15 is 0 Å². The van der Waals surface area contributed by atoms with Gasteiger partial charge < -0.3 is 4.74 Å². The maximum Gasteiger partial charge on any atom is 0.330 e. The maximum absolute atomic E-state index is 11.3. The first kappa shape index (κ1) is 15.0. The van der Waals surface area contributed by atoms with Gasteiger partial charge in [-0.15, -0.1) is 0 Å². The second-order valence-electron chi connectivity index (χ2n) is 5.15. The number of rotatable bonds is 5. The summed E-state index contributed by atoms with van der Waals surface area (Å²) in [5.74, 6) is -0.0270. The van der Waals surface area contributed by atoms with E-state index in [1.54, 1.807) is 6.08 Å². The first-order chi connectivity index (χ1) is 10.1. The predicted molar refractivity (Wildman–Crippen MR) is 82.9 cm³/mol. The zero-order chi connectivity index (χ0) is 15.2. The lowest BCUT2D eigenvalue weighted by atomic mass is 10.1.